The van der Waals surface area contributed by atoms with Gasteiger partial charge >= 0.3 is 0 Å². The zero-order chi connectivity index (χ0) is 21.2. The molecule has 0 saturated carbocycles. The average Bonchev–Trinajstić information content (AvgIpc) is 3.09. The van der Waals surface area contributed by atoms with Gasteiger partial charge in [-0.15, -0.1) is 0 Å². The lowest BCUT2D eigenvalue weighted by atomic mass is 10.2. The van der Waals surface area contributed by atoms with E-state index in [1.807, 2.05) is 19.0 Å². The molecule has 0 N–H and O–H groups in total. The van der Waals surface area contributed by atoms with Gasteiger partial charge in [0.1, 0.15) is 11.3 Å². The molecule has 0 aliphatic carbocycles. The van der Waals surface area contributed by atoms with E-state index < -0.39 is 15.7 Å². The Balaban J connectivity index is 1.95. The number of carbonyl (C=O) groups is 1. The summed E-state index contributed by atoms with van der Waals surface area (Å²) in [6.45, 7) is 1.18. The van der Waals surface area contributed by atoms with Crippen molar-refractivity contribution in [1.82, 2.24) is 9.88 Å². The van der Waals surface area contributed by atoms with Crippen LogP contribution in [0.2, 0.25) is 0 Å². The zero-order valence-electron chi connectivity index (χ0n) is 16.4. The summed E-state index contributed by atoms with van der Waals surface area (Å²) >= 11 is 1.25. The SMILES string of the molecule is CN(C)CCCN(C(=O)c1ccc(S(C)(=O)=O)cc1)c1nc2c(F)cccc2s1. The summed E-state index contributed by atoms with van der Waals surface area (Å²) in [5.74, 6) is -0.730. The van der Waals surface area contributed by atoms with E-state index in [1.54, 1.807) is 12.1 Å². The van der Waals surface area contributed by atoms with Gasteiger partial charge in [0.25, 0.3) is 5.91 Å². The summed E-state index contributed by atoms with van der Waals surface area (Å²) in [6, 6.07) is 10.5. The largest absolute Gasteiger partial charge is 0.309 e. The number of sulfone groups is 1. The van der Waals surface area contributed by atoms with Crippen molar-refractivity contribution in [3.63, 3.8) is 0 Å². The Kier molecular flexibility index (Phi) is 6.30. The first-order valence-corrected chi connectivity index (χ1v) is 11.7. The van der Waals surface area contributed by atoms with Crippen LogP contribution in [0.5, 0.6) is 0 Å². The molecule has 1 heterocycles. The van der Waals surface area contributed by atoms with E-state index in [2.05, 4.69) is 4.98 Å². The Bertz CT molecular complexity index is 1130. The van der Waals surface area contributed by atoms with Crippen LogP contribution in [-0.2, 0) is 9.84 Å². The van der Waals surface area contributed by atoms with Crippen LogP contribution >= 0.6 is 11.3 Å². The maximum Gasteiger partial charge on any atom is 0.260 e. The molecule has 2 aromatic carbocycles. The van der Waals surface area contributed by atoms with Crippen molar-refractivity contribution in [3.8, 4) is 0 Å². The molecule has 6 nitrogen and oxygen atoms in total. The van der Waals surface area contributed by atoms with Gasteiger partial charge in [-0.2, -0.15) is 0 Å². The third kappa shape index (κ3) is 4.98. The minimum absolute atomic E-state index is 0.148. The second kappa shape index (κ2) is 8.56. The lowest BCUT2D eigenvalue weighted by Crippen LogP contribution is -2.33. The molecule has 0 unspecified atom stereocenters. The number of para-hydroxylation sites is 1. The van der Waals surface area contributed by atoms with Crippen molar-refractivity contribution >= 4 is 42.4 Å². The molecule has 0 atom stereocenters. The molecule has 1 aromatic heterocycles. The smallest absolute Gasteiger partial charge is 0.260 e. The first-order valence-electron chi connectivity index (χ1n) is 8.98. The molecule has 9 heteroatoms. The minimum atomic E-state index is -3.35. The number of hydrogen-bond acceptors (Lipinski definition) is 6. The highest BCUT2D eigenvalue weighted by Crippen LogP contribution is 2.31. The van der Waals surface area contributed by atoms with Crippen LogP contribution in [0.25, 0.3) is 10.2 Å². The van der Waals surface area contributed by atoms with Crippen LogP contribution in [0, 0.1) is 5.82 Å². The average molecular weight is 436 g/mol. The summed E-state index contributed by atoms with van der Waals surface area (Å²) in [4.78, 5) is 21.2. The van der Waals surface area contributed by atoms with E-state index in [9.17, 15) is 17.6 Å². The molecule has 0 bridgehead atoms. The number of fused-ring (bicyclic) bond motifs is 1. The van der Waals surface area contributed by atoms with Crippen LogP contribution in [-0.4, -0.2) is 57.6 Å². The van der Waals surface area contributed by atoms with Crippen LogP contribution in [0.3, 0.4) is 0 Å². The van der Waals surface area contributed by atoms with Crippen molar-refractivity contribution in [2.75, 3.05) is 38.3 Å². The number of thiazole rings is 1. The van der Waals surface area contributed by atoms with E-state index >= 15 is 0 Å². The number of halogens is 1. The van der Waals surface area contributed by atoms with E-state index in [4.69, 9.17) is 0 Å². The van der Waals surface area contributed by atoms with Gasteiger partial charge in [0.15, 0.2) is 15.0 Å². The van der Waals surface area contributed by atoms with Gasteiger partial charge in [-0.3, -0.25) is 9.69 Å². The second-order valence-electron chi connectivity index (χ2n) is 6.99. The number of benzene rings is 2. The summed E-state index contributed by atoms with van der Waals surface area (Å²) in [7, 11) is 0.549. The molecule has 154 valence electrons. The van der Waals surface area contributed by atoms with Gasteiger partial charge in [-0.1, -0.05) is 17.4 Å². The fourth-order valence-electron chi connectivity index (χ4n) is 2.85. The number of amides is 1. The lowest BCUT2D eigenvalue weighted by molar-refractivity contribution is 0.0986. The Morgan fingerprint density at radius 3 is 2.38 bits per heavy atom. The number of hydrogen-bond donors (Lipinski definition) is 0. The molecule has 3 rings (SSSR count). The number of rotatable bonds is 7. The number of anilines is 1. The first kappa shape index (κ1) is 21.4. The van der Waals surface area contributed by atoms with E-state index in [-0.39, 0.29) is 16.3 Å². The molecule has 1 amide bonds. The van der Waals surface area contributed by atoms with Gasteiger partial charge in [-0.25, -0.2) is 17.8 Å². The van der Waals surface area contributed by atoms with E-state index in [1.165, 1.54) is 46.6 Å². The molecule has 0 aliphatic heterocycles. The molecule has 0 aliphatic rings. The molecule has 0 fully saturated rings. The van der Waals surface area contributed by atoms with Crippen molar-refractivity contribution in [3.05, 3.63) is 53.8 Å². The molecule has 0 saturated heterocycles. The molecular formula is C20H22FN3O3S2. The van der Waals surface area contributed by atoms with Crippen LogP contribution in [0.1, 0.15) is 16.8 Å². The van der Waals surface area contributed by atoms with Crippen molar-refractivity contribution in [2.24, 2.45) is 0 Å². The zero-order valence-corrected chi connectivity index (χ0v) is 18.1. The van der Waals surface area contributed by atoms with Gasteiger partial charge in [0.2, 0.25) is 0 Å². The van der Waals surface area contributed by atoms with Crippen molar-refractivity contribution in [2.45, 2.75) is 11.3 Å². The maximum absolute atomic E-state index is 14.1. The second-order valence-corrected chi connectivity index (χ2v) is 10.0. The minimum Gasteiger partial charge on any atom is -0.309 e. The summed E-state index contributed by atoms with van der Waals surface area (Å²) in [5, 5.41) is 0.418. The van der Waals surface area contributed by atoms with Crippen molar-refractivity contribution in [1.29, 1.82) is 0 Å². The Labute approximate surface area is 173 Å². The van der Waals surface area contributed by atoms with Crippen LogP contribution < -0.4 is 4.90 Å². The summed E-state index contributed by atoms with van der Waals surface area (Å²) < 4.78 is 38.1. The molecular weight excluding hydrogens is 413 g/mol. The predicted molar refractivity (Wildman–Crippen MR) is 114 cm³/mol. The standard InChI is InChI=1S/C20H22FN3O3S2/c1-23(2)12-5-13-24(20-22-18-16(21)6-4-7-17(18)28-20)19(25)14-8-10-15(11-9-14)29(3,26)27/h4,6-11H,5,12-13H2,1-3H3. The van der Waals surface area contributed by atoms with Gasteiger partial charge in [-0.05, 0) is 63.5 Å². The Morgan fingerprint density at radius 2 is 1.79 bits per heavy atom. The monoisotopic (exact) mass is 435 g/mol. The highest BCUT2D eigenvalue weighted by atomic mass is 32.2. The fraction of sp³-hybridized carbons (Fsp3) is 0.300. The quantitative estimate of drug-likeness (QED) is 0.569. The molecule has 3 aromatic rings. The molecule has 0 radical (unpaired) electrons. The van der Waals surface area contributed by atoms with Crippen molar-refractivity contribution < 1.29 is 17.6 Å². The summed E-state index contributed by atoms with van der Waals surface area (Å²) in [5.41, 5.74) is 0.590. The van der Waals surface area contributed by atoms with E-state index in [0.717, 1.165) is 12.8 Å². The third-order valence-electron chi connectivity index (χ3n) is 4.35. The third-order valence-corrected chi connectivity index (χ3v) is 6.52. The van der Waals surface area contributed by atoms with Crippen LogP contribution in [0.4, 0.5) is 9.52 Å². The van der Waals surface area contributed by atoms with Crippen LogP contribution in [0.15, 0.2) is 47.4 Å². The van der Waals surface area contributed by atoms with Gasteiger partial charge in [0.05, 0.1) is 9.60 Å². The lowest BCUT2D eigenvalue weighted by Gasteiger charge is -2.21. The highest BCUT2D eigenvalue weighted by Gasteiger charge is 2.22. The fourth-order valence-corrected chi connectivity index (χ4v) is 4.48. The maximum atomic E-state index is 14.1. The highest BCUT2D eigenvalue weighted by molar-refractivity contribution is 7.90. The first-order chi connectivity index (χ1) is 13.7. The Hall–Kier alpha value is -2.36. The Morgan fingerprint density at radius 1 is 1.10 bits per heavy atom. The van der Waals surface area contributed by atoms with E-state index in [0.29, 0.717) is 28.4 Å². The molecule has 29 heavy (non-hydrogen) atoms. The van der Waals surface area contributed by atoms with Gasteiger partial charge in [0, 0.05) is 18.4 Å². The number of carbonyl (C=O) groups excluding carboxylic acids is 1. The summed E-state index contributed by atoms with van der Waals surface area (Å²) in [6.07, 6.45) is 1.83. The topological polar surface area (TPSA) is 70.6 Å². The number of nitrogens with zero attached hydrogens (tertiary/aromatic N) is 3. The predicted octanol–water partition coefficient (Wildman–Crippen LogP) is 3.44. The molecule has 0 spiro atoms. The number of aromatic nitrogens is 1. The normalized spacial score (nSPS) is 11.9. The van der Waals surface area contributed by atoms with Gasteiger partial charge < -0.3 is 4.90 Å².